The first-order chi connectivity index (χ1) is 35.8. The van der Waals surface area contributed by atoms with Gasteiger partial charge in [-0.25, -0.2) is 4.85 Å². The van der Waals surface area contributed by atoms with Crippen molar-refractivity contribution in [3.05, 3.63) is 243 Å². The third-order valence-corrected chi connectivity index (χ3v) is 15.3. The number of aromatic nitrogens is 2. The summed E-state index contributed by atoms with van der Waals surface area (Å²) in [4.78, 5) is 4.21. The van der Waals surface area contributed by atoms with Crippen molar-refractivity contribution in [3.8, 4) is 73.1 Å². The van der Waals surface area contributed by atoms with Gasteiger partial charge in [0.25, 0.3) is 0 Å². The molecule has 0 unspecified atom stereocenters. The van der Waals surface area contributed by atoms with Crippen LogP contribution in [0.4, 0.5) is 5.69 Å². The molecule has 12 aromatic rings. The summed E-state index contributed by atoms with van der Waals surface area (Å²) >= 11 is 0. The maximum Gasteiger partial charge on any atom is 0.210 e. The van der Waals surface area contributed by atoms with Crippen molar-refractivity contribution >= 4 is 49.3 Å². The summed E-state index contributed by atoms with van der Waals surface area (Å²) in [5.74, 6) is 0. The molecule has 4 nitrogen and oxygen atoms in total. The van der Waals surface area contributed by atoms with Crippen LogP contribution in [0.2, 0.25) is 0 Å². The van der Waals surface area contributed by atoms with E-state index in [1.54, 1.807) is 0 Å². The molecule has 0 radical (unpaired) electrons. The second kappa shape index (κ2) is 17.8. The molecule has 0 aliphatic carbocycles. The van der Waals surface area contributed by atoms with Crippen LogP contribution in [0.5, 0.6) is 0 Å². The van der Waals surface area contributed by atoms with Gasteiger partial charge in [0.15, 0.2) is 0 Å². The van der Waals surface area contributed by atoms with Gasteiger partial charge in [-0.05, 0) is 176 Å². The molecule has 0 N–H and O–H groups in total. The van der Waals surface area contributed by atoms with Crippen LogP contribution >= 0.6 is 0 Å². The van der Waals surface area contributed by atoms with E-state index in [0.29, 0.717) is 11.3 Å². The fraction of sp³-hybridized carbons (Fsp3) is 0.114. The highest BCUT2D eigenvalue weighted by Crippen LogP contribution is 2.44. The molecule has 0 fully saturated rings. The molecule has 10 aromatic carbocycles. The average molecular weight is 951 g/mol. The average Bonchev–Trinajstić information content (AvgIpc) is 3.90. The maximum absolute atomic E-state index is 11.0. The van der Waals surface area contributed by atoms with Gasteiger partial charge in [-0.1, -0.05) is 162 Å². The van der Waals surface area contributed by atoms with Crippen LogP contribution in [-0.4, -0.2) is 9.13 Å². The summed E-state index contributed by atoms with van der Waals surface area (Å²) < 4.78 is 4.61. The highest BCUT2D eigenvalue weighted by atomic mass is 15.0. The number of hydrogen-bond acceptors (Lipinski definition) is 1. The molecule has 354 valence electrons. The van der Waals surface area contributed by atoms with E-state index in [0.717, 1.165) is 88.4 Å². The summed E-state index contributed by atoms with van der Waals surface area (Å²) in [6.07, 6.45) is 0. The molecule has 0 saturated carbocycles. The highest BCUT2D eigenvalue weighted by Gasteiger charge is 2.22. The molecule has 74 heavy (non-hydrogen) atoms. The van der Waals surface area contributed by atoms with E-state index in [1.165, 1.54) is 66.8 Å². The van der Waals surface area contributed by atoms with E-state index >= 15 is 0 Å². The zero-order valence-corrected chi connectivity index (χ0v) is 43.1. The van der Waals surface area contributed by atoms with Crippen LogP contribution in [0, 0.1) is 73.3 Å². The van der Waals surface area contributed by atoms with E-state index in [4.69, 9.17) is 6.57 Å². The molecular weight excluding hydrogens is 897 g/mol. The zero-order chi connectivity index (χ0) is 51.1. The standard InChI is InChI=1S/C70H54N4/c1-41-10-21-56(45(5)30-41)51-16-25-60-61-26-17-52(57-22-11-42(2)31-46(57)6)37-67(61)73(66(60)36-51)65-34-49(14-15-55(65)40-71)50-20-29-64(72-9)70(35-50)74-68-38-53(58-23-12-43(3)32-47(58)7)18-27-62(68)63-28-19-54(39-69(63)74)59-24-13-44(4)33-48(59)8/h10-39H,1-8H3. The Morgan fingerprint density at radius 2 is 0.649 bits per heavy atom. The van der Waals surface area contributed by atoms with E-state index in [1.807, 2.05) is 12.1 Å². The number of aryl methyl sites for hydroxylation is 8. The van der Waals surface area contributed by atoms with Crippen molar-refractivity contribution in [3.63, 3.8) is 0 Å². The number of rotatable bonds is 7. The largest absolute Gasteiger partial charge is 0.319 e. The normalized spacial score (nSPS) is 11.5. The Balaban J connectivity index is 1.10. The molecule has 0 saturated heterocycles. The molecule has 0 bridgehead atoms. The molecule has 0 atom stereocenters. The number of nitriles is 1. The Morgan fingerprint density at radius 1 is 0.338 bits per heavy atom. The lowest BCUT2D eigenvalue weighted by atomic mass is 9.96. The van der Waals surface area contributed by atoms with Gasteiger partial charge in [-0.15, -0.1) is 0 Å². The molecule has 12 rings (SSSR count). The summed E-state index contributed by atoms with van der Waals surface area (Å²) in [5, 5.41) is 15.5. The number of nitrogens with zero attached hydrogens (tertiary/aromatic N) is 4. The second-order valence-corrected chi connectivity index (χ2v) is 20.5. The lowest BCUT2D eigenvalue weighted by molar-refractivity contribution is 1.17. The van der Waals surface area contributed by atoms with Gasteiger partial charge in [-0.2, -0.15) is 5.26 Å². The molecule has 2 heterocycles. The van der Waals surface area contributed by atoms with Crippen LogP contribution in [-0.2, 0) is 0 Å². The lowest BCUT2D eigenvalue weighted by Gasteiger charge is -2.16. The number of fused-ring (bicyclic) bond motifs is 6. The predicted octanol–water partition coefficient (Wildman–Crippen LogP) is 19.1. The Labute approximate surface area is 433 Å². The van der Waals surface area contributed by atoms with Crippen molar-refractivity contribution in [2.75, 3.05) is 0 Å². The first kappa shape index (κ1) is 45.9. The Hall–Kier alpha value is -9.22. The molecule has 0 spiro atoms. The maximum atomic E-state index is 11.0. The van der Waals surface area contributed by atoms with E-state index in [-0.39, 0.29) is 0 Å². The Morgan fingerprint density at radius 3 is 0.973 bits per heavy atom. The topological polar surface area (TPSA) is 38.0 Å². The van der Waals surface area contributed by atoms with Crippen molar-refractivity contribution < 1.29 is 0 Å². The van der Waals surface area contributed by atoms with Gasteiger partial charge in [0.2, 0.25) is 5.69 Å². The van der Waals surface area contributed by atoms with Crippen LogP contribution in [0.25, 0.3) is 115 Å². The summed E-state index contributed by atoms with van der Waals surface area (Å²) in [7, 11) is 0. The minimum Gasteiger partial charge on any atom is -0.319 e. The quantitative estimate of drug-likeness (QED) is 0.147. The monoisotopic (exact) mass is 950 g/mol. The Kier molecular flexibility index (Phi) is 11.0. The van der Waals surface area contributed by atoms with E-state index < -0.39 is 0 Å². The second-order valence-electron chi connectivity index (χ2n) is 20.5. The van der Waals surface area contributed by atoms with Gasteiger partial charge >= 0.3 is 0 Å². The first-order valence-electron chi connectivity index (χ1n) is 25.4. The fourth-order valence-electron chi connectivity index (χ4n) is 11.7. The molecule has 0 amide bonds. The zero-order valence-electron chi connectivity index (χ0n) is 43.1. The molecule has 0 aliphatic heterocycles. The molecule has 2 aromatic heterocycles. The Bertz CT molecular complexity index is 3920. The van der Waals surface area contributed by atoms with Crippen molar-refractivity contribution in [2.24, 2.45) is 0 Å². The lowest BCUT2D eigenvalue weighted by Crippen LogP contribution is -2.00. The van der Waals surface area contributed by atoms with Gasteiger partial charge in [0.1, 0.15) is 6.07 Å². The SMILES string of the molecule is [C-]#[N+]c1ccc(-c2ccc(C#N)c(-n3c4cc(-c5ccc(C)cc5C)ccc4c4ccc(-c5ccc(C)cc5C)cc43)c2)cc1-n1c2cc(-c3ccc(C)cc3C)ccc2c2ccc(-c3ccc(C)cc3C)cc21. The summed E-state index contributed by atoms with van der Waals surface area (Å²) in [6.45, 7) is 25.9. The van der Waals surface area contributed by atoms with Gasteiger partial charge < -0.3 is 9.13 Å². The number of hydrogen-bond donors (Lipinski definition) is 0. The minimum absolute atomic E-state index is 0.551. The van der Waals surface area contributed by atoms with Gasteiger partial charge in [0, 0.05) is 21.5 Å². The van der Waals surface area contributed by atoms with Crippen LogP contribution in [0.1, 0.15) is 50.1 Å². The molecule has 4 heteroatoms. The highest BCUT2D eigenvalue weighted by molar-refractivity contribution is 6.13. The molecule has 0 aliphatic rings. The van der Waals surface area contributed by atoms with Crippen molar-refractivity contribution in [1.29, 1.82) is 5.26 Å². The van der Waals surface area contributed by atoms with E-state index in [9.17, 15) is 5.26 Å². The summed E-state index contributed by atoms with van der Waals surface area (Å²) in [5.41, 5.74) is 27.7. The van der Waals surface area contributed by atoms with Gasteiger partial charge in [0.05, 0.1) is 45.6 Å². The first-order valence-corrected chi connectivity index (χ1v) is 25.4. The third kappa shape index (κ3) is 7.67. The smallest absolute Gasteiger partial charge is 0.210 e. The van der Waals surface area contributed by atoms with Crippen LogP contribution in [0.3, 0.4) is 0 Å². The summed E-state index contributed by atoms with van der Waals surface area (Å²) in [6, 6.07) is 68.6. The van der Waals surface area contributed by atoms with Crippen molar-refractivity contribution in [1.82, 2.24) is 9.13 Å². The van der Waals surface area contributed by atoms with Crippen LogP contribution < -0.4 is 0 Å². The number of benzene rings is 10. The van der Waals surface area contributed by atoms with Crippen LogP contribution in [0.15, 0.2) is 182 Å². The van der Waals surface area contributed by atoms with E-state index in [2.05, 4.69) is 245 Å². The predicted molar refractivity (Wildman–Crippen MR) is 311 cm³/mol. The third-order valence-electron chi connectivity index (χ3n) is 15.3. The van der Waals surface area contributed by atoms with Gasteiger partial charge in [-0.3, -0.25) is 0 Å². The van der Waals surface area contributed by atoms with Crippen molar-refractivity contribution in [2.45, 2.75) is 55.4 Å². The molecular formula is C70H54N4. The minimum atomic E-state index is 0.551. The fourth-order valence-corrected chi connectivity index (χ4v) is 11.7.